The molecule has 1 aromatic heterocycles. The summed E-state index contributed by atoms with van der Waals surface area (Å²) in [6.07, 6.45) is 2.52. The van der Waals surface area contributed by atoms with E-state index < -0.39 is 0 Å². The summed E-state index contributed by atoms with van der Waals surface area (Å²) in [4.78, 5) is 16.6. The molecule has 2 aromatic carbocycles. The number of carbonyl (C=O) groups is 1. The number of carbonyl (C=O) groups excluding carboxylic acids is 1. The minimum atomic E-state index is 0.0720. The van der Waals surface area contributed by atoms with Crippen LogP contribution in [0.3, 0.4) is 0 Å². The van der Waals surface area contributed by atoms with Gasteiger partial charge in [0.05, 0.1) is 5.69 Å². The van der Waals surface area contributed by atoms with Crippen LogP contribution in [0.4, 0.5) is 5.69 Å². The molecule has 0 spiro atoms. The van der Waals surface area contributed by atoms with Gasteiger partial charge in [-0.2, -0.15) is 0 Å². The van der Waals surface area contributed by atoms with E-state index in [-0.39, 0.29) is 11.2 Å². The standard InChI is InChI=1S/C17H14N2OS/c20-17-9-16(21-15-8-4-3-7-14(15)19-17)12-10-18-13-6-2-1-5-11(12)13/h1-8,10,16,18H,9H2,(H,19,20). The second-order valence-electron chi connectivity index (χ2n) is 5.14. The molecule has 0 radical (unpaired) electrons. The molecule has 1 aliphatic rings. The number of aromatic nitrogens is 1. The molecule has 2 N–H and O–H groups in total. The Morgan fingerprint density at radius 1 is 1.05 bits per heavy atom. The lowest BCUT2D eigenvalue weighted by Crippen LogP contribution is -2.11. The van der Waals surface area contributed by atoms with Gasteiger partial charge >= 0.3 is 0 Å². The van der Waals surface area contributed by atoms with Gasteiger partial charge in [-0.1, -0.05) is 30.3 Å². The van der Waals surface area contributed by atoms with Crippen molar-refractivity contribution in [3.63, 3.8) is 0 Å². The van der Waals surface area contributed by atoms with Gasteiger partial charge in [0.1, 0.15) is 0 Å². The highest BCUT2D eigenvalue weighted by atomic mass is 32.2. The number of anilines is 1. The number of hydrogen-bond donors (Lipinski definition) is 2. The Morgan fingerprint density at radius 3 is 2.81 bits per heavy atom. The lowest BCUT2D eigenvalue weighted by Gasteiger charge is -2.12. The van der Waals surface area contributed by atoms with E-state index >= 15 is 0 Å². The Morgan fingerprint density at radius 2 is 1.86 bits per heavy atom. The highest BCUT2D eigenvalue weighted by Gasteiger charge is 2.25. The maximum atomic E-state index is 12.2. The first kappa shape index (κ1) is 12.5. The third kappa shape index (κ3) is 2.21. The fraction of sp³-hybridized carbons (Fsp3) is 0.118. The second kappa shape index (κ2) is 4.97. The predicted octanol–water partition coefficient (Wildman–Crippen LogP) is 4.34. The van der Waals surface area contributed by atoms with Crippen LogP contribution in [0.1, 0.15) is 17.2 Å². The van der Waals surface area contributed by atoms with Gasteiger partial charge in [-0.3, -0.25) is 4.79 Å². The van der Waals surface area contributed by atoms with Crippen LogP contribution in [0.2, 0.25) is 0 Å². The number of aromatic amines is 1. The number of fused-ring (bicyclic) bond motifs is 2. The van der Waals surface area contributed by atoms with Crippen LogP contribution in [-0.2, 0) is 4.79 Å². The molecular formula is C17H14N2OS. The summed E-state index contributed by atoms with van der Waals surface area (Å²) in [5.41, 5.74) is 3.23. The average molecular weight is 294 g/mol. The zero-order valence-corrected chi connectivity index (χ0v) is 12.1. The molecule has 4 heteroatoms. The first-order valence-corrected chi connectivity index (χ1v) is 7.81. The largest absolute Gasteiger partial charge is 0.361 e. The topological polar surface area (TPSA) is 44.9 Å². The lowest BCUT2D eigenvalue weighted by molar-refractivity contribution is -0.116. The molecule has 1 aliphatic heterocycles. The van der Waals surface area contributed by atoms with Gasteiger partial charge in [0.15, 0.2) is 0 Å². The van der Waals surface area contributed by atoms with Crippen LogP contribution >= 0.6 is 11.8 Å². The van der Waals surface area contributed by atoms with E-state index in [1.807, 2.05) is 36.5 Å². The van der Waals surface area contributed by atoms with E-state index in [4.69, 9.17) is 0 Å². The molecule has 0 saturated heterocycles. The summed E-state index contributed by atoms with van der Waals surface area (Å²) in [7, 11) is 0. The highest BCUT2D eigenvalue weighted by Crippen LogP contribution is 2.45. The minimum absolute atomic E-state index is 0.0720. The van der Waals surface area contributed by atoms with E-state index in [0.29, 0.717) is 6.42 Å². The molecule has 1 atom stereocenters. The Labute approximate surface area is 126 Å². The van der Waals surface area contributed by atoms with Crippen molar-refractivity contribution < 1.29 is 4.79 Å². The van der Waals surface area contributed by atoms with Gasteiger partial charge in [-0.05, 0) is 23.8 Å². The predicted molar refractivity (Wildman–Crippen MR) is 86.6 cm³/mol. The quantitative estimate of drug-likeness (QED) is 0.701. The van der Waals surface area contributed by atoms with Crippen LogP contribution in [0.15, 0.2) is 59.6 Å². The van der Waals surface area contributed by atoms with Crippen molar-refractivity contribution >= 4 is 34.3 Å². The third-order valence-corrected chi connectivity index (χ3v) is 5.08. The summed E-state index contributed by atoms with van der Waals surface area (Å²) in [6, 6.07) is 16.2. The molecule has 3 nitrogen and oxygen atoms in total. The van der Waals surface area contributed by atoms with E-state index in [1.54, 1.807) is 11.8 Å². The molecule has 104 valence electrons. The summed E-state index contributed by atoms with van der Waals surface area (Å²) in [6.45, 7) is 0. The van der Waals surface area contributed by atoms with Crippen LogP contribution < -0.4 is 5.32 Å². The van der Waals surface area contributed by atoms with Crippen molar-refractivity contribution in [1.29, 1.82) is 0 Å². The molecule has 4 rings (SSSR count). The molecule has 2 heterocycles. The van der Waals surface area contributed by atoms with Crippen LogP contribution in [0, 0.1) is 0 Å². The Hall–Kier alpha value is -2.20. The molecule has 1 amide bonds. The van der Waals surface area contributed by atoms with Gasteiger partial charge in [0, 0.05) is 33.7 Å². The number of nitrogens with one attached hydrogen (secondary N) is 2. The molecular weight excluding hydrogens is 280 g/mol. The SMILES string of the molecule is O=C1CC(c2c[nH]c3ccccc23)Sc2ccccc2N1. The maximum Gasteiger partial charge on any atom is 0.225 e. The molecule has 0 saturated carbocycles. The summed E-state index contributed by atoms with van der Waals surface area (Å²) in [5, 5.41) is 4.32. The van der Waals surface area contributed by atoms with Crippen molar-refractivity contribution in [2.75, 3.05) is 5.32 Å². The zero-order valence-electron chi connectivity index (χ0n) is 11.3. The number of amides is 1. The number of H-pyrrole nitrogens is 1. The highest BCUT2D eigenvalue weighted by molar-refractivity contribution is 7.99. The number of rotatable bonds is 1. The number of para-hydroxylation sites is 2. The first-order valence-electron chi connectivity index (χ1n) is 6.93. The van der Waals surface area contributed by atoms with Gasteiger partial charge in [0.2, 0.25) is 5.91 Å². The van der Waals surface area contributed by atoms with Gasteiger partial charge in [0.25, 0.3) is 0 Å². The maximum absolute atomic E-state index is 12.2. The average Bonchev–Trinajstić information content (AvgIpc) is 2.84. The fourth-order valence-electron chi connectivity index (χ4n) is 2.77. The lowest BCUT2D eigenvalue weighted by atomic mass is 10.1. The van der Waals surface area contributed by atoms with Crippen LogP contribution in [0.5, 0.6) is 0 Å². The summed E-state index contributed by atoms with van der Waals surface area (Å²) >= 11 is 1.75. The molecule has 0 bridgehead atoms. The van der Waals surface area contributed by atoms with Crippen molar-refractivity contribution in [2.45, 2.75) is 16.6 Å². The monoisotopic (exact) mass is 294 g/mol. The number of benzene rings is 2. The first-order chi connectivity index (χ1) is 10.3. The van der Waals surface area contributed by atoms with E-state index in [9.17, 15) is 4.79 Å². The Balaban J connectivity index is 1.80. The van der Waals surface area contributed by atoms with Crippen LogP contribution in [0.25, 0.3) is 10.9 Å². The molecule has 0 aliphatic carbocycles. The van der Waals surface area contributed by atoms with Gasteiger partial charge in [-0.25, -0.2) is 0 Å². The van der Waals surface area contributed by atoms with Gasteiger partial charge < -0.3 is 10.3 Å². The van der Waals surface area contributed by atoms with Crippen molar-refractivity contribution in [3.05, 3.63) is 60.3 Å². The van der Waals surface area contributed by atoms with Gasteiger partial charge in [-0.15, -0.1) is 11.8 Å². The minimum Gasteiger partial charge on any atom is -0.361 e. The fourth-order valence-corrected chi connectivity index (χ4v) is 4.04. The van der Waals surface area contributed by atoms with Crippen LogP contribution in [-0.4, -0.2) is 10.9 Å². The molecule has 21 heavy (non-hydrogen) atoms. The van der Waals surface area contributed by atoms with E-state index in [1.165, 1.54) is 10.9 Å². The number of thioether (sulfide) groups is 1. The zero-order chi connectivity index (χ0) is 14.2. The summed E-state index contributed by atoms with van der Waals surface area (Å²) < 4.78 is 0. The normalized spacial score (nSPS) is 18.1. The summed E-state index contributed by atoms with van der Waals surface area (Å²) in [5.74, 6) is 0.0720. The second-order valence-corrected chi connectivity index (χ2v) is 6.39. The third-order valence-electron chi connectivity index (χ3n) is 3.77. The molecule has 3 aromatic rings. The van der Waals surface area contributed by atoms with Crippen molar-refractivity contribution in [1.82, 2.24) is 4.98 Å². The van der Waals surface area contributed by atoms with Crippen molar-refractivity contribution in [3.8, 4) is 0 Å². The Bertz CT molecular complexity index is 824. The molecule has 0 fully saturated rings. The smallest absolute Gasteiger partial charge is 0.225 e. The van der Waals surface area contributed by atoms with E-state index in [2.05, 4.69) is 28.5 Å². The Kier molecular flexibility index (Phi) is 2.97. The van der Waals surface area contributed by atoms with Crippen molar-refractivity contribution in [2.24, 2.45) is 0 Å². The molecule has 1 unspecified atom stereocenters. The van der Waals surface area contributed by atoms with E-state index in [0.717, 1.165) is 16.1 Å². The number of hydrogen-bond acceptors (Lipinski definition) is 2.